The van der Waals surface area contributed by atoms with Crippen LogP contribution >= 0.6 is 35.7 Å². The van der Waals surface area contributed by atoms with Crippen molar-refractivity contribution >= 4 is 41.7 Å². The normalized spacial score (nSPS) is 10.9. The number of aliphatic imine (C=N–C) groups is 1. The lowest BCUT2D eigenvalue weighted by Gasteiger charge is -2.11. The van der Waals surface area contributed by atoms with Crippen LogP contribution in [0.2, 0.25) is 0 Å². The first-order valence-electron chi connectivity index (χ1n) is 9.44. The smallest absolute Gasteiger partial charge is 0.213 e. The van der Waals surface area contributed by atoms with E-state index in [0.29, 0.717) is 19.0 Å². The first kappa shape index (κ1) is 24.6. The van der Waals surface area contributed by atoms with Gasteiger partial charge in [-0.15, -0.1) is 24.0 Å². The van der Waals surface area contributed by atoms with Crippen molar-refractivity contribution in [3.63, 3.8) is 0 Å². The molecule has 1 aromatic heterocycles. The number of guanidine groups is 1. The number of pyridine rings is 1. The highest BCUT2D eigenvalue weighted by Gasteiger charge is 2.01. The maximum absolute atomic E-state index is 5.80. The summed E-state index contributed by atoms with van der Waals surface area (Å²) in [6.07, 6.45) is 6.29. The molecular formula is C21H31IN4OS. The number of hydrogen-bond donors (Lipinski definition) is 2. The molecule has 1 aromatic carbocycles. The van der Waals surface area contributed by atoms with Crippen LogP contribution in [0.25, 0.3) is 0 Å². The molecule has 5 nitrogen and oxygen atoms in total. The van der Waals surface area contributed by atoms with Crippen molar-refractivity contribution in [1.82, 2.24) is 15.6 Å². The molecule has 0 saturated carbocycles. The van der Waals surface area contributed by atoms with E-state index in [4.69, 9.17) is 4.74 Å². The van der Waals surface area contributed by atoms with Gasteiger partial charge in [0, 0.05) is 25.4 Å². The molecule has 2 N–H and O–H groups in total. The van der Waals surface area contributed by atoms with Crippen LogP contribution in [-0.2, 0) is 13.2 Å². The van der Waals surface area contributed by atoms with Crippen LogP contribution in [0.5, 0.6) is 5.88 Å². The second-order valence-electron chi connectivity index (χ2n) is 6.10. The summed E-state index contributed by atoms with van der Waals surface area (Å²) in [5.74, 6) is 2.68. The highest BCUT2D eigenvalue weighted by atomic mass is 127. The molecule has 2 rings (SSSR count). The average Bonchev–Trinajstić information content (AvgIpc) is 2.71. The number of nitrogens with one attached hydrogen (secondary N) is 2. The summed E-state index contributed by atoms with van der Waals surface area (Å²) in [5.41, 5.74) is 2.20. The van der Waals surface area contributed by atoms with Gasteiger partial charge in [-0.2, -0.15) is 11.8 Å². The molecule has 154 valence electrons. The van der Waals surface area contributed by atoms with Gasteiger partial charge in [-0.05, 0) is 49.0 Å². The Bertz CT molecular complexity index is 685. The lowest BCUT2D eigenvalue weighted by atomic mass is 10.2. The average molecular weight is 514 g/mol. The predicted molar refractivity (Wildman–Crippen MR) is 131 cm³/mol. The fourth-order valence-corrected chi connectivity index (χ4v) is 2.94. The summed E-state index contributed by atoms with van der Waals surface area (Å²) in [6, 6.07) is 14.0. The van der Waals surface area contributed by atoms with E-state index in [1.54, 1.807) is 6.20 Å². The first-order valence-corrected chi connectivity index (χ1v) is 10.8. The van der Waals surface area contributed by atoms with Crippen LogP contribution in [0.1, 0.15) is 30.9 Å². The Balaban J connectivity index is 0.00000392. The third-order valence-corrected chi connectivity index (χ3v) is 4.56. The number of halogens is 1. The van der Waals surface area contributed by atoms with Crippen LogP contribution in [0, 0.1) is 0 Å². The number of unbranched alkanes of at least 4 members (excludes halogenated alkanes) is 1. The van der Waals surface area contributed by atoms with Crippen LogP contribution in [0.3, 0.4) is 0 Å². The van der Waals surface area contributed by atoms with Gasteiger partial charge in [-0.25, -0.2) is 9.98 Å². The Labute approximate surface area is 190 Å². The quantitative estimate of drug-likeness (QED) is 0.201. The number of rotatable bonds is 11. The summed E-state index contributed by atoms with van der Waals surface area (Å²) < 4.78 is 5.80. The zero-order valence-corrected chi connectivity index (χ0v) is 19.8. The SMILES string of the molecule is CCNC(=NCc1ccnc(OCc2ccccc2)c1)NCCCCSC.I. The summed E-state index contributed by atoms with van der Waals surface area (Å²) in [7, 11) is 0. The standard InChI is InChI=1S/C21H30N4OS.HI/c1-3-22-21(24-12-7-8-14-27-2)25-16-19-11-13-23-20(15-19)26-17-18-9-5-4-6-10-18;/h4-6,9-11,13,15H,3,7-8,12,14,16-17H2,1-2H3,(H2,22,24,25);1H. The second kappa shape index (κ2) is 15.4. The molecule has 0 aliphatic carbocycles. The Morgan fingerprint density at radius 3 is 2.68 bits per heavy atom. The van der Waals surface area contributed by atoms with Gasteiger partial charge in [0.25, 0.3) is 0 Å². The third kappa shape index (κ3) is 10.2. The van der Waals surface area contributed by atoms with Crippen LogP contribution < -0.4 is 15.4 Å². The molecule has 0 atom stereocenters. The topological polar surface area (TPSA) is 58.5 Å². The molecule has 1 heterocycles. The zero-order valence-electron chi connectivity index (χ0n) is 16.7. The van der Waals surface area contributed by atoms with Gasteiger partial charge < -0.3 is 15.4 Å². The van der Waals surface area contributed by atoms with Crippen LogP contribution in [0.15, 0.2) is 53.7 Å². The Kier molecular flexibility index (Phi) is 13.5. The molecule has 0 aliphatic heterocycles. The molecule has 0 unspecified atom stereocenters. The summed E-state index contributed by atoms with van der Waals surface area (Å²) in [4.78, 5) is 8.96. The number of benzene rings is 1. The van der Waals surface area contributed by atoms with Crippen molar-refractivity contribution in [3.8, 4) is 5.88 Å². The minimum Gasteiger partial charge on any atom is -0.473 e. The van der Waals surface area contributed by atoms with Crippen molar-refractivity contribution < 1.29 is 4.74 Å². The lowest BCUT2D eigenvalue weighted by Crippen LogP contribution is -2.37. The van der Waals surface area contributed by atoms with Crippen molar-refractivity contribution in [1.29, 1.82) is 0 Å². The maximum atomic E-state index is 5.80. The van der Waals surface area contributed by atoms with E-state index in [1.165, 1.54) is 12.2 Å². The first-order chi connectivity index (χ1) is 13.3. The molecule has 7 heteroatoms. The molecule has 0 amide bonds. The van der Waals surface area contributed by atoms with E-state index in [2.05, 4.69) is 33.8 Å². The van der Waals surface area contributed by atoms with Crippen molar-refractivity contribution in [2.45, 2.75) is 32.9 Å². The highest BCUT2D eigenvalue weighted by Crippen LogP contribution is 2.12. The van der Waals surface area contributed by atoms with Gasteiger partial charge in [0.05, 0.1) is 6.54 Å². The third-order valence-electron chi connectivity index (χ3n) is 3.86. The van der Waals surface area contributed by atoms with Crippen LogP contribution in [-0.4, -0.2) is 36.0 Å². The van der Waals surface area contributed by atoms with E-state index in [0.717, 1.165) is 36.6 Å². The minimum absolute atomic E-state index is 0. The van der Waals surface area contributed by atoms with Crippen molar-refractivity contribution in [2.24, 2.45) is 4.99 Å². The van der Waals surface area contributed by atoms with E-state index >= 15 is 0 Å². The maximum Gasteiger partial charge on any atom is 0.213 e. The number of thioether (sulfide) groups is 1. The minimum atomic E-state index is 0. The zero-order chi connectivity index (χ0) is 19.2. The number of aromatic nitrogens is 1. The van der Waals surface area contributed by atoms with Crippen molar-refractivity contribution in [3.05, 3.63) is 59.8 Å². The van der Waals surface area contributed by atoms with E-state index in [9.17, 15) is 0 Å². The van der Waals surface area contributed by atoms with Gasteiger partial charge in [0.1, 0.15) is 6.61 Å². The Morgan fingerprint density at radius 1 is 1.11 bits per heavy atom. The van der Waals surface area contributed by atoms with Gasteiger partial charge in [-0.3, -0.25) is 0 Å². The molecule has 0 spiro atoms. The molecular weight excluding hydrogens is 483 g/mol. The predicted octanol–water partition coefficient (Wildman–Crippen LogP) is 4.48. The Hall–Kier alpha value is -1.48. The van der Waals surface area contributed by atoms with E-state index in [-0.39, 0.29) is 24.0 Å². The lowest BCUT2D eigenvalue weighted by molar-refractivity contribution is 0.293. The number of nitrogens with zero attached hydrogens (tertiary/aromatic N) is 2. The molecule has 28 heavy (non-hydrogen) atoms. The molecule has 0 aliphatic rings. The van der Waals surface area contributed by atoms with E-state index in [1.807, 2.05) is 54.2 Å². The number of hydrogen-bond acceptors (Lipinski definition) is 4. The molecule has 2 aromatic rings. The molecule has 0 saturated heterocycles. The highest BCUT2D eigenvalue weighted by molar-refractivity contribution is 14.0. The summed E-state index contributed by atoms with van der Waals surface area (Å²) in [5, 5.41) is 6.69. The monoisotopic (exact) mass is 514 g/mol. The van der Waals surface area contributed by atoms with Gasteiger partial charge in [-0.1, -0.05) is 30.3 Å². The largest absolute Gasteiger partial charge is 0.473 e. The van der Waals surface area contributed by atoms with Crippen LogP contribution in [0.4, 0.5) is 0 Å². The van der Waals surface area contributed by atoms with Crippen molar-refractivity contribution in [2.75, 3.05) is 25.1 Å². The second-order valence-corrected chi connectivity index (χ2v) is 7.08. The van der Waals surface area contributed by atoms with Gasteiger partial charge in [0.15, 0.2) is 5.96 Å². The number of ether oxygens (including phenoxy) is 1. The molecule has 0 bridgehead atoms. The summed E-state index contributed by atoms with van der Waals surface area (Å²) in [6.45, 7) is 4.96. The van der Waals surface area contributed by atoms with E-state index < -0.39 is 0 Å². The molecule has 0 fully saturated rings. The van der Waals surface area contributed by atoms with Gasteiger partial charge >= 0.3 is 0 Å². The fraction of sp³-hybridized carbons (Fsp3) is 0.429. The van der Waals surface area contributed by atoms with Gasteiger partial charge in [0.2, 0.25) is 5.88 Å². The Morgan fingerprint density at radius 2 is 1.93 bits per heavy atom. The molecule has 0 radical (unpaired) electrons. The fourth-order valence-electron chi connectivity index (χ4n) is 2.45. The summed E-state index contributed by atoms with van der Waals surface area (Å²) >= 11 is 1.89.